The lowest BCUT2D eigenvalue weighted by Gasteiger charge is -2.27. The lowest BCUT2D eigenvalue weighted by atomic mass is 9.97. The summed E-state index contributed by atoms with van der Waals surface area (Å²) >= 11 is 0. The Kier molecular flexibility index (Phi) is 13.1. The van der Waals surface area contributed by atoms with Crippen LogP contribution in [0.5, 0.6) is 5.75 Å². The number of phenols is 1. The predicted molar refractivity (Wildman–Crippen MR) is 142 cm³/mol. The maximum Gasteiger partial charge on any atom is 0.326 e. The monoisotopic (exact) mass is 520 g/mol. The summed E-state index contributed by atoms with van der Waals surface area (Å²) in [6.07, 6.45) is 1.33. The first-order valence-electron chi connectivity index (χ1n) is 12.9. The van der Waals surface area contributed by atoms with Gasteiger partial charge >= 0.3 is 5.97 Å². The van der Waals surface area contributed by atoms with E-state index >= 15 is 0 Å². The van der Waals surface area contributed by atoms with Crippen LogP contribution in [-0.4, -0.2) is 58.1 Å². The molecule has 208 valence electrons. The molecular formula is C27H44N4O6. The van der Waals surface area contributed by atoms with E-state index in [0.717, 1.165) is 0 Å². The van der Waals surface area contributed by atoms with Crippen LogP contribution in [0.3, 0.4) is 0 Å². The van der Waals surface area contributed by atoms with Crippen molar-refractivity contribution >= 4 is 23.7 Å². The highest BCUT2D eigenvalue weighted by Gasteiger charge is 2.31. The number of phenolic OH excluding ortho intramolecular Hbond substituents is 1. The summed E-state index contributed by atoms with van der Waals surface area (Å²) in [5, 5.41) is 27.1. The molecule has 3 amide bonds. The average molecular weight is 521 g/mol. The Hall–Kier alpha value is -3.14. The first kappa shape index (κ1) is 31.9. The third-order valence-corrected chi connectivity index (χ3v) is 6.23. The maximum absolute atomic E-state index is 13.2. The minimum absolute atomic E-state index is 0.00321. The molecule has 0 saturated heterocycles. The summed E-state index contributed by atoms with van der Waals surface area (Å²) in [6.45, 7) is 11.4. The van der Waals surface area contributed by atoms with Crippen LogP contribution < -0.4 is 21.7 Å². The molecule has 0 saturated carbocycles. The molecule has 1 aromatic rings. The van der Waals surface area contributed by atoms with E-state index in [1.807, 2.05) is 41.5 Å². The highest BCUT2D eigenvalue weighted by Crippen LogP contribution is 2.13. The van der Waals surface area contributed by atoms with Crippen LogP contribution in [-0.2, 0) is 25.6 Å². The van der Waals surface area contributed by atoms with E-state index in [1.165, 1.54) is 12.1 Å². The van der Waals surface area contributed by atoms with Gasteiger partial charge in [0.25, 0.3) is 0 Å². The second kappa shape index (κ2) is 15.2. The van der Waals surface area contributed by atoms with Crippen molar-refractivity contribution in [2.45, 2.75) is 91.4 Å². The van der Waals surface area contributed by atoms with Gasteiger partial charge < -0.3 is 31.9 Å². The number of hydrogen-bond acceptors (Lipinski definition) is 6. The maximum atomic E-state index is 13.2. The van der Waals surface area contributed by atoms with E-state index in [9.17, 15) is 29.4 Å². The van der Waals surface area contributed by atoms with E-state index in [0.29, 0.717) is 18.4 Å². The molecule has 0 aliphatic carbocycles. The number of hydrogen-bond donors (Lipinski definition) is 6. The quantitative estimate of drug-likeness (QED) is 0.205. The number of carboxylic acid groups (broad SMARTS) is 1. The Morgan fingerprint density at radius 3 is 1.62 bits per heavy atom. The van der Waals surface area contributed by atoms with Crippen LogP contribution in [0.4, 0.5) is 0 Å². The van der Waals surface area contributed by atoms with Crippen molar-refractivity contribution < 1.29 is 29.4 Å². The number of benzene rings is 1. The average Bonchev–Trinajstić information content (AvgIpc) is 2.82. The largest absolute Gasteiger partial charge is 0.508 e. The van der Waals surface area contributed by atoms with E-state index in [-0.39, 0.29) is 36.3 Å². The van der Waals surface area contributed by atoms with Crippen LogP contribution in [0.1, 0.15) is 66.4 Å². The van der Waals surface area contributed by atoms with Gasteiger partial charge in [0, 0.05) is 6.42 Å². The zero-order valence-corrected chi connectivity index (χ0v) is 22.8. The van der Waals surface area contributed by atoms with Crippen molar-refractivity contribution in [2.75, 3.05) is 0 Å². The Morgan fingerprint density at radius 2 is 1.22 bits per heavy atom. The van der Waals surface area contributed by atoms with Crippen molar-refractivity contribution in [3.63, 3.8) is 0 Å². The fourth-order valence-corrected chi connectivity index (χ4v) is 3.80. The second-order valence-corrected chi connectivity index (χ2v) is 10.6. The van der Waals surface area contributed by atoms with Crippen molar-refractivity contribution in [2.24, 2.45) is 23.5 Å². The highest BCUT2D eigenvalue weighted by molar-refractivity contribution is 5.94. The van der Waals surface area contributed by atoms with Gasteiger partial charge in [0.05, 0.1) is 6.04 Å². The number of carbonyl (C=O) groups is 4. The van der Waals surface area contributed by atoms with Gasteiger partial charge in [-0.1, -0.05) is 60.1 Å². The molecule has 0 aliphatic heterocycles. The number of carbonyl (C=O) groups excluding carboxylic acids is 3. The lowest BCUT2D eigenvalue weighted by Crippen LogP contribution is -2.58. The summed E-state index contributed by atoms with van der Waals surface area (Å²) in [6, 6.07) is 2.15. The van der Waals surface area contributed by atoms with Gasteiger partial charge in [0.2, 0.25) is 17.7 Å². The third kappa shape index (κ3) is 11.2. The molecule has 0 aromatic heterocycles. The van der Waals surface area contributed by atoms with Gasteiger partial charge in [0.15, 0.2) is 0 Å². The van der Waals surface area contributed by atoms with Crippen LogP contribution in [0, 0.1) is 17.8 Å². The van der Waals surface area contributed by atoms with Crippen molar-refractivity contribution in [3.05, 3.63) is 29.8 Å². The van der Waals surface area contributed by atoms with Crippen molar-refractivity contribution in [1.82, 2.24) is 16.0 Å². The molecule has 1 aromatic carbocycles. The molecule has 37 heavy (non-hydrogen) atoms. The normalized spacial score (nSPS) is 15.4. The fraction of sp³-hybridized carbons (Fsp3) is 0.630. The molecule has 1 rings (SSSR count). The summed E-state index contributed by atoms with van der Waals surface area (Å²) in [7, 11) is 0. The van der Waals surface area contributed by atoms with Gasteiger partial charge in [-0.15, -0.1) is 0 Å². The van der Waals surface area contributed by atoms with Crippen molar-refractivity contribution in [1.29, 1.82) is 0 Å². The van der Waals surface area contributed by atoms with Crippen LogP contribution >= 0.6 is 0 Å². The van der Waals surface area contributed by atoms with Crippen LogP contribution in [0.15, 0.2) is 24.3 Å². The highest BCUT2D eigenvalue weighted by atomic mass is 16.4. The number of amides is 3. The van der Waals surface area contributed by atoms with E-state index in [2.05, 4.69) is 16.0 Å². The molecule has 0 aliphatic rings. The molecule has 0 spiro atoms. The number of carboxylic acids is 1. The molecular weight excluding hydrogens is 476 g/mol. The Balaban J connectivity index is 3.03. The minimum Gasteiger partial charge on any atom is -0.508 e. The topological polar surface area (TPSA) is 171 Å². The minimum atomic E-state index is -1.23. The number of rotatable bonds is 15. The fourth-order valence-electron chi connectivity index (χ4n) is 3.80. The molecule has 5 unspecified atom stereocenters. The van der Waals surface area contributed by atoms with E-state index in [4.69, 9.17) is 5.73 Å². The standard InChI is InChI=1S/C27H44N4O6/c1-7-17(6)23(28)26(35)30-21(13-16(4)5)24(33)29-20(12-15(2)3)25(34)31-22(27(36)37)14-18-8-10-19(32)11-9-18/h8-11,15-17,20-23,32H,7,12-14,28H2,1-6H3,(H,29,33)(H,30,35)(H,31,34)(H,36,37). The molecule has 0 bridgehead atoms. The van der Waals surface area contributed by atoms with E-state index < -0.39 is 47.9 Å². The summed E-state index contributed by atoms with van der Waals surface area (Å²) in [5.74, 6) is -2.72. The number of aliphatic carboxylic acids is 1. The first-order valence-corrected chi connectivity index (χ1v) is 12.9. The summed E-state index contributed by atoms with van der Waals surface area (Å²) in [4.78, 5) is 50.9. The van der Waals surface area contributed by atoms with Gasteiger partial charge in [-0.25, -0.2) is 4.79 Å². The molecule has 10 heteroatoms. The zero-order chi connectivity index (χ0) is 28.3. The van der Waals surface area contributed by atoms with Gasteiger partial charge in [-0.3, -0.25) is 14.4 Å². The van der Waals surface area contributed by atoms with Crippen LogP contribution in [0.2, 0.25) is 0 Å². The SMILES string of the molecule is CCC(C)C(N)C(=O)NC(CC(C)C)C(=O)NC(CC(C)C)C(=O)NC(Cc1ccc(O)cc1)C(=O)O. The predicted octanol–water partition coefficient (Wildman–Crippen LogP) is 1.94. The number of aromatic hydroxyl groups is 1. The van der Waals surface area contributed by atoms with Crippen molar-refractivity contribution in [3.8, 4) is 5.75 Å². The first-order chi connectivity index (χ1) is 17.2. The van der Waals surface area contributed by atoms with Gasteiger partial charge in [-0.05, 0) is 48.3 Å². The Morgan fingerprint density at radius 1 is 0.784 bits per heavy atom. The van der Waals surface area contributed by atoms with Crippen LogP contribution in [0.25, 0.3) is 0 Å². The molecule has 7 N–H and O–H groups in total. The number of nitrogens with one attached hydrogen (secondary N) is 3. The molecule has 5 atom stereocenters. The zero-order valence-electron chi connectivity index (χ0n) is 22.8. The smallest absolute Gasteiger partial charge is 0.326 e. The molecule has 0 fully saturated rings. The van der Waals surface area contributed by atoms with E-state index in [1.54, 1.807) is 12.1 Å². The second-order valence-electron chi connectivity index (χ2n) is 10.6. The van der Waals surface area contributed by atoms with Gasteiger partial charge in [-0.2, -0.15) is 0 Å². The summed E-state index contributed by atoms with van der Waals surface area (Å²) in [5.41, 5.74) is 6.66. The van der Waals surface area contributed by atoms with Gasteiger partial charge in [0.1, 0.15) is 23.9 Å². The third-order valence-electron chi connectivity index (χ3n) is 6.23. The summed E-state index contributed by atoms with van der Waals surface area (Å²) < 4.78 is 0. The molecule has 0 radical (unpaired) electrons. The Bertz CT molecular complexity index is 903. The molecule has 10 nitrogen and oxygen atoms in total. The lowest BCUT2D eigenvalue weighted by molar-refractivity contribution is -0.142. The Labute approximate surface area is 219 Å². The molecule has 0 heterocycles. The number of nitrogens with two attached hydrogens (primary N) is 1.